The fourth-order valence-corrected chi connectivity index (χ4v) is 2.54. The molecular formula is C15H20ClN3O. The molecule has 1 aromatic heterocycles. The summed E-state index contributed by atoms with van der Waals surface area (Å²) in [5, 5.41) is 2.91. The number of hydrogen-bond donors (Lipinski definition) is 1. The molecule has 1 amide bonds. The van der Waals surface area contributed by atoms with E-state index >= 15 is 0 Å². The van der Waals surface area contributed by atoms with Crippen molar-refractivity contribution in [2.75, 3.05) is 5.88 Å². The number of nitrogens with zero attached hydrogens (tertiary/aromatic N) is 2. The number of para-hydroxylation sites is 1. The highest BCUT2D eigenvalue weighted by Gasteiger charge is 2.15. The third-order valence-electron chi connectivity index (χ3n) is 3.12. The smallest absolute Gasteiger partial charge is 0.240 e. The molecule has 0 radical (unpaired) electrons. The van der Waals surface area contributed by atoms with Gasteiger partial charge in [0.2, 0.25) is 5.91 Å². The van der Waals surface area contributed by atoms with Crippen LogP contribution in [-0.4, -0.2) is 27.4 Å². The lowest BCUT2D eigenvalue weighted by atomic mass is 10.2. The number of amides is 1. The number of hydrogen-bond acceptors (Lipinski definition) is 2. The molecule has 108 valence electrons. The minimum atomic E-state index is -0.00150. The fraction of sp³-hybridized carbons (Fsp3) is 0.467. The molecule has 0 aliphatic carbocycles. The van der Waals surface area contributed by atoms with Gasteiger partial charge in [-0.25, -0.2) is 4.98 Å². The molecule has 0 aliphatic heterocycles. The van der Waals surface area contributed by atoms with E-state index in [0.717, 1.165) is 22.4 Å². The minimum Gasteiger partial charge on any atom is -0.352 e. The van der Waals surface area contributed by atoms with Gasteiger partial charge in [0, 0.05) is 18.3 Å². The van der Waals surface area contributed by atoms with Crippen molar-refractivity contribution in [3.8, 4) is 0 Å². The van der Waals surface area contributed by atoms with Gasteiger partial charge in [-0.1, -0.05) is 12.1 Å². The Bertz CT molecular complexity index is 619. The van der Waals surface area contributed by atoms with Crippen LogP contribution < -0.4 is 5.32 Å². The molecule has 1 heterocycles. The zero-order valence-corrected chi connectivity index (χ0v) is 12.9. The molecule has 0 unspecified atom stereocenters. The van der Waals surface area contributed by atoms with Gasteiger partial charge >= 0.3 is 0 Å². The molecule has 0 bridgehead atoms. The van der Waals surface area contributed by atoms with Crippen LogP contribution in [0.5, 0.6) is 0 Å². The lowest BCUT2D eigenvalue weighted by molar-refractivity contribution is -0.122. The summed E-state index contributed by atoms with van der Waals surface area (Å²) < 4.78 is 1.98. The second-order valence-corrected chi connectivity index (χ2v) is 5.60. The van der Waals surface area contributed by atoms with Gasteiger partial charge in [-0.15, -0.1) is 11.6 Å². The number of imidazole rings is 1. The maximum atomic E-state index is 12.0. The van der Waals surface area contributed by atoms with E-state index < -0.39 is 0 Å². The average Bonchev–Trinajstić information content (AvgIpc) is 2.68. The standard InChI is InChI=1S/C15H20ClN3O/c1-10(2)17-14(20)9-19-13(7-8-16)18-12-6-4-5-11(3)15(12)19/h4-6,10H,7-9H2,1-3H3,(H,17,20). The number of aryl methyl sites for hydroxylation is 2. The third-order valence-corrected chi connectivity index (χ3v) is 3.31. The van der Waals surface area contributed by atoms with Crippen LogP contribution in [0.1, 0.15) is 25.2 Å². The molecule has 1 N–H and O–H groups in total. The van der Waals surface area contributed by atoms with Gasteiger partial charge in [0.15, 0.2) is 0 Å². The number of benzene rings is 1. The van der Waals surface area contributed by atoms with Crippen LogP contribution >= 0.6 is 11.6 Å². The molecule has 0 atom stereocenters. The van der Waals surface area contributed by atoms with Crippen LogP contribution in [-0.2, 0) is 17.8 Å². The molecule has 2 rings (SSSR count). The number of carbonyl (C=O) groups is 1. The summed E-state index contributed by atoms with van der Waals surface area (Å²) >= 11 is 5.84. The van der Waals surface area contributed by atoms with Crippen molar-refractivity contribution in [2.45, 2.75) is 39.8 Å². The Balaban J connectivity index is 2.42. The van der Waals surface area contributed by atoms with Crippen LogP contribution in [0.2, 0.25) is 0 Å². The number of fused-ring (bicyclic) bond motifs is 1. The normalized spacial score (nSPS) is 11.2. The SMILES string of the molecule is Cc1cccc2nc(CCCl)n(CC(=O)NC(C)C)c12. The van der Waals surface area contributed by atoms with Crippen LogP contribution in [0.25, 0.3) is 11.0 Å². The van der Waals surface area contributed by atoms with Crippen molar-refractivity contribution in [3.05, 3.63) is 29.6 Å². The maximum Gasteiger partial charge on any atom is 0.240 e. The van der Waals surface area contributed by atoms with Crippen LogP contribution in [0.4, 0.5) is 0 Å². The topological polar surface area (TPSA) is 46.9 Å². The van der Waals surface area contributed by atoms with Crippen molar-refractivity contribution in [3.63, 3.8) is 0 Å². The summed E-state index contributed by atoms with van der Waals surface area (Å²) in [7, 11) is 0. The number of alkyl halides is 1. The van der Waals surface area contributed by atoms with Crippen LogP contribution in [0, 0.1) is 6.92 Å². The van der Waals surface area contributed by atoms with Crippen molar-refractivity contribution >= 4 is 28.5 Å². The summed E-state index contributed by atoms with van der Waals surface area (Å²) in [6.07, 6.45) is 0.657. The zero-order valence-electron chi connectivity index (χ0n) is 12.1. The van der Waals surface area contributed by atoms with Gasteiger partial charge in [0.25, 0.3) is 0 Å². The van der Waals surface area contributed by atoms with E-state index in [1.165, 1.54) is 0 Å². The first-order chi connectivity index (χ1) is 9.52. The first kappa shape index (κ1) is 14.9. The minimum absolute atomic E-state index is 0.00150. The predicted molar refractivity (Wildman–Crippen MR) is 82.2 cm³/mol. The molecule has 0 spiro atoms. The van der Waals surface area contributed by atoms with Crippen molar-refractivity contribution in [1.82, 2.24) is 14.9 Å². The lowest BCUT2D eigenvalue weighted by Gasteiger charge is -2.12. The summed E-state index contributed by atoms with van der Waals surface area (Å²) in [6.45, 7) is 6.22. The Morgan fingerprint density at radius 1 is 1.45 bits per heavy atom. The van der Waals surface area contributed by atoms with Gasteiger partial charge in [0.05, 0.1) is 11.0 Å². The van der Waals surface area contributed by atoms with E-state index in [2.05, 4.69) is 10.3 Å². The summed E-state index contributed by atoms with van der Waals surface area (Å²) in [5.74, 6) is 1.36. The van der Waals surface area contributed by atoms with E-state index in [-0.39, 0.29) is 18.5 Å². The lowest BCUT2D eigenvalue weighted by Crippen LogP contribution is -2.33. The Morgan fingerprint density at radius 3 is 2.85 bits per heavy atom. The molecule has 1 aromatic carbocycles. The molecule has 20 heavy (non-hydrogen) atoms. The van der Waals surface area contributed by atoms with E-state index in [0.29, 0.717) is 12.3 Å². The van der Waals surface area contributed by atoms with E-state index in [1.807, 2.05) is 43.5 Å². The Morgan fingerprint density at radius 2 is 2.20 bits per heavy atom. The molecule has 0 saturated carbocycles. The van der Waals surface area contributed by atoms with Gasteiger partial charge in [-0.2, -0.15) is 0 Å². The zero-order chi connectivity index (χ0) is 14.7. The van der Waals surface area contributed by atoms with Crippen molar-refractivity contribution < 1.29 is 4.79 Å². The summed E-state index contributed by atoms with van der Waals surface area (Å²) in [5.41, 5.74) is 3.06. The second-order valence-electron chi connectivity index (χ2n) is 5.22. The Hall–Kier alpha value is -1.55. The van der Waals surface area contributed by atoms with E-state index in [1.54, 1.807) is 0 Å². The first-order valence-corrected chi connectivity index (χ1v) is 7.36. The number of carbonyl (C=O) groups excluding carboxylic acids is 1. The van der Waals surface area contributed by atoms with Crippen molar-refractivity contribution in [2.24, 2.45) is 0 Å². The fourth-order valence-electron chi connectivity index (χ4n) is 2.37. The molecule has 0 saturated heterocycles. The molecule has 2 aromatic rings. The molecule has 4 nitrogen and oxygen atoms in total. The quantitative estimate of drug-likeness (QED) is 0.862. The third kappa shape index (κ3) is 3.12. The molecule has 0 fully saturated rings. The molecule has 0 aliphatic rings. The number of aromatic nitrogens is 2. The Labute approximate surface area is 124 Å². The van der Waals surface area contributed by atoms with Crippen LogP contribution in [0.3, 0.4) is 0 Å². The van der Waals surface area contributed by atoms with E-state index in [4.69, 9.17) is 11.6 Å². The highest BCUT2D eigenvalue weighted by Crippen LogP contribution is 2.20. The number of nitrogens with one attached hydrogen (secondary N) is 1. The highest BCUT2D eigenvalue weighted by atomic mass is 35.5. The molecular weight excluding hydrogens is 274 g/mol. The first-order valence-electron chi connectivity index (χ1n) is 6.83. The van der Waals surface area contributed by atoms with Gasteiger partial charge in [-0.3, -0.25) is 4.79 Å². The predicted octanol–water partition coefficient (Wildman–Crippen LogP) is 2.65. The summed E-state index contributed by atoms with van der Waals surface area (Å²) in [4.78, 5) is 16.6. The largest absolute Gasteiger partial charge is 0.352 e. The maximum absolute atomic E-state index is 12.0. The Kier molecular flexibility index (Phi) is 4.65. The van der Waals surface area contributed by atoms with Crippen molar-refractivity contribution in [1.29, 1.82) is 0 Å². The van der Waals surface area contributed by atoms with E-state index in [9.17, 15) is 4.79 Å². The average molecular weight is 294 g/mol. The molecule has 5 heteroatoms. The van der Waals surface area contributed by atoms with Gasteiger partial charge in [0.1, 0.15) is 12.4 Å². The second kappa shape index (κ2) is 6.27. The number of rotatable bonds is 5. The van der Waals surface area contributed by atoms with Gasteiger partial charge in [-0.05, 0) is 32.4 Å². The van der Waals surface area contributed by atoms with Crippen LogP contribution in [0.15, 0.2) is 18.2 Å². The summed E-state index contributed by atoms with van der Waals surface area (Å²) in [6, 6.07) is 6.12. The monoisotopic (exact) mass is 293 g/mol. The highest BCUT2D eigenvalue weighted by molar-refractivity contribution is 6.17. The van der Waals surface area contributed by atoms with Gasteiger partial charge < -0.3 is 9.88 Å². The number of halogens is 1.